The predicted molar refractivity (Wildman–Crippen MR) is 77.3 cm³/mol. The molecule has 0 atom stereocenters. The van der Waals surface area contributed by atoms with E-state index in [-0.39, 0.29) is 0 Å². The predicted octanol–water partition coefficient (Wildman–Crippen LogP) is 2.40. The van der Waals surface area contributed by atoms with Crippen LogP contribution in [0.2, 0.25) is 0 Å². The highest BCUT2D eigenvalue weighted by molar-refractivity contribution is 5.79. The molecule has 0 unspecified atom stereocenters. The number of nitrogens with two attached hydrogens (primary N) is 1. The Bertz CT molecular complexity index is 419. The fourth-order valence-corrected chi connectivity index (χ4v) is 1.95. The van der Waals surface area contributed by atoms with Crippen LogP contribution in [0.5, 0.6) is 0 Å². The van der Waals surface area contributed by atoms with Gasteiger partial charge in [0, 0.05) is 6.54 Å². The van der Waals surface area contributed by atoms with Gasteiger partial charge in [0.1, 0.15) is 0 Å². The number of rotatable bonds is 5. The van der Waals surface area contributed by atoms with E-state index >= 15 is 0 Å². The average Bonchev–Trinajstić information content (AvgIpc) is 2.35. The maximum Gasteiger partial charge on any atom is 0.188 e. The van der Waals surface area contributed by atoms with Gasteiger partial charge in [-0.1, -0.05) is 43.3 Å². The van der Waals surface area contributed by atoms with Gasteiger partial charge in [0.2, 0.25) is 0 Å². The molecule has 0 radical (unpaired) electrons. The van der Waals surface area contributed by atoms with Gasteiger partial charge in [0.25, 0.3) is 0 Å². The lowest BCUT2D eigenvalue weighted by Gasteiger charge is -2.25. The van der Waals surface area contributed by atoms with E-state index in [1.165, 1.54) is 19.3 Å². The fourth-order valence-electron chi connectivity index (χ4n) is 1.95. The van der Waals surface area contributed by atoms with Crippen molar-refractivity contribution >= 4 is 11.5 Å². The van der Waals surface area contributed by atoms with Gasteiger partial charge < -0.3 is 11.1 Å². The van der Waals surface area contributed by atoms with Crippen LogP contribution in [-0.2, 0) is 0 Å². The van der Waals surface area contributed by atoms with Crippen molar-refractivity contribution in [1.82, 2.24) is 5.32 Å². The van der Waals surface area contributed by atoms with Gasteiger partial charge in [0.15, 0.2) is 5.96 Å². The van der Waals surface area contributed by atoms with E-state index in [0.29, 0.717) is 12.5 Å². The molecule has 1 aliphatic carbocycles. The van der Waals surface area contributed by atoms with Crippen LogP contribution < -0.4 is 11.1 Å². The molecule has 3 nitrogen and oxygen atoms in total. The normalized spacial score (nSPS) is 16.1. The summed E-state index contributed by atoms with van der Waals surface area (Å²) in [6.45, 7) is 5.53. The summed E-state index contributed by atoms with van der Waals surface area (Å²) in [5, 5.41) is 3.18. The van der Waals surface area contributed by atoms with Crippen molar-refractivity contribution in [2.45, 2.75) is 19.3 Å². The Hall–Kier alpha value is -1.77. The molecule has 1 saturated carbocycles. The molecule has 1 aliphatic rings. The number of benzene rings is 1. The molecule has 1 aromatic rings. The molecule has 2 rings (SSSR count). The third-order valence-corrected chi connectivity index (χ3v) is 3.42. The van der Waals surface area contributed by atoms with Crippen molar-refractivity contribution < 1.29 is 0 Å². The van der Waals surface area contributed by atoms with E-state index in [1.807, 2.05) is 30.3 Å². The maximum absolute atomic E-state index is 5.82. The molecule has 1 aromatic carbocycles. The number of aliphatic imine (C=N–C) groups is 1. The molecule has 3 heteroatoms. The number of hydrogen-bond donors (Lipinski definition) is 2. The number of guanidine groups is 1. The van der Waals surface area contributed by atoms with Crippen molar-refractivity contribution in [3.8, 4) is 0 Å². The Morgan fingerprint density at radius 3 is 2.67 bits per heavy atom. The van der Waals surface area contributed by atoms with Gasteiger partial charge in [-0.05, 0) is 29.9 Å². The van der Waals surface area contributed by atoms with E-state index in [9.17, 15) is 0 Å². The van der Waals surface area contributed by atoms with Crippen LogP contribution in [0.1, 0.15) is 24.8 Å². The van der Waals surface area contributed by atoms with Crippen LogP contribution >= 0.6 is 0 Å². The van der Waals surface area contributed by atoms with Gasteiger partial charge in [-0.15, -0.1) is 0 Å². The summed E-state index contributed by atoms with van der Waals surface area (Å²) in [5.74, 6) is 1.31. The lowest BCUT2D eigenvalue weighted by molar-refractivity contribution is 0.315. The van der Waals surface area contributed by atoms with Gasteiger partial charge in [-0.3, -0.25) is 0 Å². The minimum Gasteiger partial charge on any atom is -0.370 e. The second-order valence-electron chi connectivity index (χ2n) is 4.85. The number of nitrogens with one attached hydrogen (secondary N) is 1. The number of nitrogens with zero attached hydrogens (tertiary/aromatic N) is 1. The zero-order chi connectivity index (χ0) is 12.8. The largest absolute Gasteiger partial charge is 0.370 e. The first-order chi connectivity index (χ1) is 8.75. The highest BCUT2D eigenvalue weighted by atomic mass is 15.1. The van der Waals surface area contributed by atoms with Gasteiger partial charge >= 0.3 is 0 Å². The summed E-state index contributed by atoms with van der Waals surface area (Å²) in [6, 6.07) is 10.1. The fraction of sp³-hybridized carbons (Fsp3) is 0.400. The first kappa shape index (κ1) is 12.7. The third-order valence-electron chi connectivity index (χ3n) is 3.42. The summed E-state index contributed by atoms with van der Waals surface area (Å²) < 4.78 is 0. The summed E-state index contributed by atoms with van der Waals surface area (Å²) in [6.07, 6.45) is 3.99. The van der Waals surface area contributed by atoms with Crippen molar-refractivity contribution in [2.24, 2.45) is 16.6 Å². The van der Waals surface area contributed by atoms with Crippen molar-refractivity contribution in [1.29, 1.82) is 0 Å². The highest BCUT2D eigenvalue weighted by Gasteiger charge is 2.16. The third kappa shape index (κ3) is 3.62. The molecule has 1 fully saturated rings. The Morgan fingerprint density at radius 2 is 2.06 bits per heavy atom. The SMILES string of the molecule is C=C(CN=C(N)NCC1CCC1)c1ccccc1. The zero-order valence-corrected chi connectivity index (χ0v) is 10.7. The summed E-state index contributed by atoms with van der Waals surface area (Å²) in [4.78, 5) is 4.31. The Labute approximate surface area is 109 Å². The molecule has 96 valence electrons. The van der Waals surface area contributed by atoms with Crippen molar-refractivity contribution in [3.05, 3.63) is 42.5 Å². The van der Waals surface area contributed by atoms with E-state index in [1.54, 1.807) is 0 Å². The van der Waals surface area contributed by atoms with Gasteiger partial charge in [-0.25, -0.2) is 4.99 Å². The van der Waals surface area contributed by atoms with Crippen LogP contribution in [0.3, 0.4) is 0 Å². The standard InChI is InChI=1S/C15H21N3/c1-12(14-8-3-2-4-9-14)10-17-15(16)18-11-13-6-5-7-13/h2-4,8-9,13H,1,5-7,10-11H2,(H3,16,17,18). The molecule has 0 aromatic heterocycles. The highest BCUT2D eigenvalue weighted by Crippen LogP contribution is 2.24. The lowest BCUT2D eigenvalue weighted by Crippen LogP contribution is -2.37. The Morgan fingerprint density at radius 1 is 1.33 bits per heavy atom. The molecule has 0 spiro atoms. The second-order valence-corrected chi connectivity index (χ2v) is 4.85. The van der Waals surface area contributed by atoms with Crippen LogP contribution in [0.15, 0.2) is 41.9 Å². The summed E-state index contributed by atoms with van der Waals surface area (Å²) >= 11 is 0. The first-order valence-corrected chi connectivity index (χ1v) is 6.52. The van der Waals surface area contributed by atoms with Gasteiger partial charge in [-0.2, -0.15) is 0 Å². The zero-order valence-electron chi connectivity index (χ0n) is 10.7. The Kier molecular flexibility index (Phi) is 4.40. The number of hydrogen-bond acceptors (Lipinski definition) is 1. The van der Waals surface area contributed by atoms with Crippen LogP contribution in [0.4, 0.5) is 0 Å². The Balaban J connectivity index is 1.76. The van der Waals surface area contributed by atoms with E-state index in [0.717, 1.165) is 23.6 Å². The maximum atomic E-state index is 5.82. The molecule has 0 saturated heterocycles. The molecule has 3 N–H and O–H groups in total. The van der Waals surface area contributed by atoms with E-state index in [2.05, 4.69) is 16.9 Å². The van der Waals surface area contributed by atoms with E-state index in [4.69, 9.17) is 5.73 Å². The van der Waals surface area contributed by atoms with E-state index < -0.39 is 0 Å². The van der Waals surface area contributed by atoms with Crippen molar-refractivity contribution in [2.75, 3.05) is 13.1 Å². The topological polar surface area (TPSA) is 50.4 Å². The average molecular weight is 243 g/mol. The summed E-state index contributed by atoms with van der Waals surface area (Å²) in [5.41, 5.74) is 7.93. The molecule has 18 heavy (non-hydrogen) atoms. The van der Waals surface area contributed by atoms with Crippen LogP contribution in [-0.4, -0.2) is 19.0 Å². The molecular formula is C15H21N3. The minimum absolute atomic E-state index is 0.527. The first-order valence-electron chi connectivity index (χ1n) is 6.52. The van der Waals surface area contributed by atoms with Crippen LogP contribution in [0, 0.1) is 5.92 Å². The minimum atomic E-state index is 0.527. The molecule has 0 amide bonds. The van der Waals surface area contributed by atoms with Gasteiger partial charge in [0.05, 0.1) is 6.54 Å². The smallest absolute Gasteiger partial charge is 0.188 e. The second kappa shape index (κ2) is 6.24. The monoisotopic (exact) mass is 243 g/mol. The van der Waals surface area contributed by atoms with Crippen LogP contribution in [0.25, 0.3) is 5.57 Å². The van der Waals surface area contributed by atoms with Crippen molar-refractivity contribution in [3.63, 3.8) is 0 Å². The quantitative estimate of drug-likeness (QED) is 0.616. The molecule has 0 aliphatic heterocycles. The molecule has 0 bridgehead atoms. The lowest BCUT2D eigenvalue weighted by atomic mass is 9.85. The summed E-state index contributed by atoms with van der Waals surface area (Å²) in [7, 11) is 0. The molecular weight excluding hydrogens is 222 g/mol. The molecule has 0 heterocycles.